The predicted molar refractivity (Wildman–Crippen MR) is 93.5 cm³/mol. The lowest BCUT2D eigenvalue weighted by molar-refractivity contribution is -0.130. The molecule has 0 fully saturated rings. The molecular weight excluding hydrogens is 328 g/mol. The van der Waals surface area contributed by atoms with Crippen LogP contribution < -0.4 is 15.8 Å². The van der Waals surface area contributed by atoms with Crippen LogP contribution in [0.4, 0.5) is 5.69 Å². The second kappa shape index (κ2) is 8.42. The normalized spacial score (nSPS) is 10.3. The number of rotatable bonds is 7. The van der Waals surface area contributed by atoms with E-state index in [-0.39, 0.29) is 18.4 Å². The van der Waals surface area contributed by atoms with E-state index in [0.29, 0.717) is 30.1 Å². The molecule has 0 aliphatic carbocycles. The minimum atomic E-state index is -0.272. The van der Waals surface area contributed by atoms with Gasteiger partial charge < -0.3 is 20.7 Å². The second-order valence-electron chi connectivity index (χ2n) is 5.22. The molecule has 3 N–H and O–H groups in total. The lowest BCUT2D eigenvalue weighted by Crippen LogP contribution is -2.27. The molecule has 1 aromatic heterocycles. The van der Waals surface area contributed by atoms with Crippen LogP contribution in [-0.2, 0) is 11.2 Å². The number of aromatic nitrogens is 1. The Bertz CT molecular complexity index is 698. The van der Waals surface area contributed by atoms with Crippen LogP contribution in [-0.4, -0.2) is 48.9 Å². The number of carbonyl (C=O) groups excluding carboxylic acids is 2. The van der Waals surface area contributed by atoms with E-state index in [4.69, 9.17) is 10.5 Å². The van der Waals surface area contributed by atoms with E-state index >= 15 is 0 Å². The van der Waals surface area contributed by atoms with Gasteiger partial charge in [-0.1, -0.05) is 0 Å². The number of benzene rings is 1. The largest absolute Gasteiger partial charge is 0.484 e. The van der Waals surface area contributed by atoms with Crippen LogP contribution in [0.25, 0.3) is 0 Å². The van der Waals surface area contributed by atoms with Crippen molar-refractivity contribution in [2.24, 2.45) is 5.73 Å². The smallest absolute Gasteiger partial charge is 0.275 e. The Balaban J connectivity index is 1.90. The van der Waals surface area contributed by atoms with Gasteiger partial charge in [0.2, 0.25) is 0 Å². The van der Waals surface area contributed by atoms with Gasteiger partial charge in [0.05, 0.1) is 5.01 Å². The molecule has 1 heterocycles. The Hall–Kier alpha value is -2.45. The minimum Gasteiger partial charge on any atom is -0.484 e. The number of nitrogens with zero attached hydrogens (tertiary/aromatic N) is 2. The number of amides is 2. The molecule has 1 aromatic carbocycles. The number of ether oxygens (including phenoxy) is 1. The van der Waals surface area contributed by atoms with E-state index in [1.165, 1.54) is 16.2 Å². The highest BCUT2D eigenvalue weighted by molar-refractivity contribution is 7.09. The highest BCUT2D eigenvalue weighted by Gasteiger charge is 2.11. The van der Waals surface area contributed by atoms with E-state index in [1.54, 1.807) is 43.7 Å². The van der Waals surface area contributed by atoms with Crippen LogP contribution in [0.1, 0.15) is 15.5 Å². The first-order chi connectivity index (χ1) is 11.5. The van der Waals surface area contributed by atoms with Crippen molar-refractivity contribution < 1.29 is 14.3 Å². The lowest BCUT2D eigenvalue weighted by atomic mass is 10.3. The fourth-order valence-electron chi connectivity index (χ4n) is 1.76. The van der Waals surface area contributed by atoms with Crippen LogP contribution in [0.2, 0.25) is 0 Å². The van der Waals surface area contributed by atoms with Crippen LogP contribution in [0.3, 0.4) is 0 Å². The molecule has 0 atom stereocenters. The van der Waals surface area contributed by atoms with E-state index in [9.17, 15) is 9.59 Å². The Morgan fingerprint density at radius 1 is 1.29 bits per heavy atom. The van der Waals surface area contributed by atoms with Crippen molar-refractivity contribution in [1.82, 2.24) is 9.88 Å². The van der Waals surface area contributed by atoms with Crippen molar-refractivity contribution in [3.63, 3.8) is 0 Å². The minimum absolute atomic E-state index is 0.0263. The first-order valence-electron chi connectivity index (χ1n) is 7.38. The molecule has 0 spiro atoms. The number of anilines is 1. The van der Waals surface area contributed by atoms with Gasteiger partial charge in [-0.15, -0.1) is 11.3 Å². The van der Waals surface area contributed by atoms with Crippen molar-refractivity contribution >= 4 is 28.8 Å². The molecule has 2 rings (SSSR count). The number of carbonyl (C=O) groups is 2. The molecule has 0 radical (unpaired) electrons. The SMILES string of the molecule is CN(C)C(=O)COc1ccc(NC(=O)c2csc(CCN)n2)cc1. The van der Waals surface area contributed by atoms with Gasteiger partial charge >= 0.3 is 0 Å². The summed E-state index contributed by atoms with van der Waals surface area (Å²) in [6, 6.07) is 6.81. The van der Waals surface area contributed by atoms with Crippen LogP contribution >= 0.6 is 11.3 Å². The summed E-state index contributed by atoms with van der Waals surface area (Å²) in [5.74, 6) is 0.164. The fraction of sp³-hybridized carbons (Fsp3) is 0.312. The third kappa shape index (κ3) is 5.04. The molecule has 0 aliphatic heterocycles. The van der Waals surface area contributed by atoms with Crippen molar-refractivity contribution in [2.45, 2.75) is 6.42 Å². The monoisotopic (exact) mass is 348 g/mol. The first-order valence-corrected chi connectivity index (χ1v) is 8.26. The summed E-state index contributed by atoms with van der Waals surface area (Å²) in [5, 5.41) is 5.32. The van der Waals surface area contributed by atoms with Gasteiger partial charge in [0.15, 0.2) is 6.61 Å². The van der Waals surface area contributed by atoms with E-state index in [0.717, 1.165) is 5.01 Å². The number of nitrogens with two attached hydrogens (primary N) is 1. The van der Waals surface area contributed by atoms with E-state index < -0.39 is 0 Å². The van der Waals surface area contributed by atoms with Crippen molar-refractivity contribution in [3.8, 4) is 5.75 Å². The molecule has 2 aromatic rings. The van der Waals surface area contributed by atoms with Gasteiger partial charge in [0, 0.05) is 31.6 Å². The summed E-state index contributed by atoms with van der Waals surface area (Å²) in [4.78, 5) is 29.3. The molecule has 2 amide bonds. The zero-order valence-corrected chi connectivity index (χ0v) is 14.4. The summed E-state index contributed by atoms with van der Waals surface area (Å²) >= 11 is 1.42. The second-order valence-corrected chi connectivity index (χ2v) is 6.16. The maximum atomic E-state index is 12.1. The van der Waals surface area contributed by atoms with Crippen LogP contribution in [0.15, 0.2) is 29.6 Å². The third-order valence-electron chi connectivity index (χ3n) is 3.12. The molecular formula is C16H20N4O3S. The average molecular weight is 348 g/mol. The molecule has 8 heteroatoms. The molecule has 0 saturated heterocycles. The predicted octanol–water partition coefficient (Wildman–Crippen LogP) is 1.36. The highest BCUT2D eigenvalue weighted by Crippen LogP contribution is 2.17. The van der Waals surface area contributed by atoms with Gasteiger partial charge in [0.25, 0.3) is 11.8 Å². The van der Waals surface area contributed by atoms with E-state index in [1.807, 2.05) is 0 Å². The molecule has 0 unspecified atom stereocenters. The van der Waals surface area contributed by atoms with Crippen molar-refractivity contribution in [1.29, 1.82) is 0 Å². The number of hydrogen-bond donors (Lipinski definition) is 2. The Kier molecular flexibility index (Phi) is 6.28. The average Bonchev–Trinajstić information content (AvgIpc) is 3.03. The maximum Gasteiger partial charge on any atom is 0.275 e. The molecule has 0 saturated carbocycles. The molecule has 0 bridgehead atoms. The van der Waals surface area contributed by atoms with Gasteiger partial charge in [-0.05, 0) is 30.8 Å². The van der Waals surface area contributed by atoms with Gasteiger partial charge in [-0.25, -0.2) is 4.98 Å². The number of hydrogen-bond acceptors (Lipinski definition) is 6. The van der Waals surface area contributed by atoms with Gasteiger partial charge in [0.1, 0.15) is 11.4 Å². The van der Waals surface area contributed by atoms with Gasteiger partial charge in [-0.3, -0.25) is 9.59 Å². The summed E-state index contributed by atoms with van der Waals surface area (Å²) < 4.78 is 5.38. The molecule has 24 heavy (non-hydrogen) atoms. The fourth-order valence-corrected chi connectivity index (χ4v) is 2.55. The third-order valence-corrected chi connectivity index (χ3v) is 4.02. The topological polar surface area (TPSA) is 97.5 Å². The number of thiazole rings is 1. The maximum absolute atomic E-state index is 12.1. The summed E-state index contributed by atoms with van der Waals surface area (Å²) in [7, 11) is 3.34. The van der Waals surface area contributed by atoms with Gasteiger partial charge in [-0.2, -0.15) is 0 Å². The molecule has 128 valence electrons. The standard InChI is InChI=1S/C16H20N4O3S/c1-20(2)15(21)9-23-12-5-3-11(4-6-12)18-16(22)13-10-24-14(19-13)7-8-17/h3-6,10H,7-9,17H2,1-2H3,(H,18,22). The first kappa shape index (κ1) is 17.9. The zero-order valence-electron chi connectivity index (χ0n) is 13.6. The van der Waals surface area contributed by atoms with E-state index in [2.05, 4.69) is 10.3 Å². The number of nitrogens with one attached hydrogen (secondary N) is 1. The molecule has 0 aliphatic rings. The van der Waals surface area contributed by atoms with Crippen LogP contribution in [0, 0.1) is 0 Å². The summed E-state index contributed by atoms with van der Waals surface area (Å²) in [6.07, 6.45) is 0.662. The quantitative estimate of drug-likeness (QED) is 0.787. The summed E-state index contributed by atoms with van der Waals surface area (Å²) in [6.45, 7) is 0.480. The Labute approximate surface area is 144 Å². The Morgan fingerprint density at radius 2 is 2.00 bits per heavy atom. The molecule has 7 nitrogen and oxygen atoms in total. The number of likely N-dealkylation sites (N-methyl/N-ethyl adjacent to an activating group) is 1. The Morgan fingerprint density at radius 3 is 2.62 bits per heavy atom. The zero-order chi connectivity index (χ0) is 17.5. The highest BCUT2D eigenvalue weighted by atomic mass is 32.1. The summed E-state index contributed by atoms with van der Waals surface area (Å²) in [5.41, 5.74) is 6.47. The van der Waals surface area contributed by atoms with Crippen molar-refractivity contribution in [3.05, 3.63) is 40.3 Å². The van der Waals surface area contributed by atoms with Crippen LogP contribution in [0.5, 0.6) is 5.75 Å². The lowest BCUT2D eigenvalue weighted by Gasteiger charge is -2.11. The van der Waals surface area contributed by atoms with Crippen molar-refractivity contribution in [2.75, 3.05) is 32.6 Å².